The first kappa shape index (κ1) is 17.9. The zero-order chi connectivity index (χ0) is 17.2. The number of benzene rings is 1. The summed E-state index contributed by atoms with van der Waals surface area (Å²) in [6, 6.07) is 6.76. The van der Waals surface area contributed by atoms with Crippen molar-refractivity contribution in [1.82, 2.24) is 14.5 Å². The third kappa shape index (κ3) is 3.73. The van der Waals surface area contributed by atoms with E-state index in [1.807, 2.05) is 18.7 Å². The van der Waals surface area contributed by atoms with E-state index in [4.69, 9.17) is 0 Å². The highest BCUT2D eigenvalue weighted by molar-refractivity contribution is 7.89. The maximum absolute atomic E-state index is 12.7. The number of sulfonamides is 1. The van der Waals surface area contributed by atoms with Gasteiger partial charge in [0.1, 0.15) is 0 Å². The number of carbonyl (C=O) groups is 1. The fraction of sp³-hybridized carbons (Fsp3) is 0.562. The van der Waals surface area contributed by atoms with Crippen molar-refractivity contribution in [1.29, 1.82) is 0 Å². The van der Waals surface area contributed by atoms with Crippen LogP contribution in [0.4, 0.5) is 0 Å². The molecular formula is C16H25N3O3S. The monoisotopic (exact) mass is 339 g/mol. The van der Waals surface area contributed by atoms with Gasteiger partial charge in [0.05, 0.1) is 10.8 Å². The maximum Gasteiger partial charge on any atom is 0.242 e. The number of carbonyl (C=O) groups excluding carboxylic acids is 1. The standard InChI is InChI=1S/C16H25N3O3S/c1-12-11-17-9-10-19(12)16(20)13(2)14-5-7-15(8-6-14)23(21,22)18(3)4/h5-8,12-13,17H,9-11H2,1-4H3/t12-,13?/m1/s1. The van der Waals surface area contributed by atoms with Crippen LogP contribution in [0.2, 0.25) is 0 Å². The van der Waals surface area contributed by atoms with Gasteiger partial charge in [0.15, 0.2) is 0 Å². The van der Waals surface area contributed by atoms with Gasteiger partial charge >= 0.3 is 0 Å². The molecule has 2 rings (SSSR count). The van der Waals surface area contributed by atoms with Crippen molar-refractivity contribution >= 4 is 15.9 Å². The Balaban J connectivity index is 2.17. The average Bonchev–Trinajstić information content (AvgIpc) is 2.54. The Morgan fingerprint density at radius 1 is 1.30 bits per heavy atom. The minimum atomic E-state index is -3.44. The zero-order valence-electron chi connectivity index (χ0n) is 14.1. The summed E-state index contributed by atoms with van der Waals surface area (Å²) in [5, 5.41) is 3.27. The fourth-order valence-electron chi connectivity index (χ4n) is 2.70. The minimum absolute atomic E-state index is 0.0854. The van der Waals surface area contributed by atoms with Crippen LogP contribution in [-0.4, -0.2) is 63.3 Å². The number of hydrogen-bond acceptors (Lipinski definition) is 4. The lowest BCUT2D eigenvalue weighted by Crippen LogP contribution is -2.53. The van der Waals surface area contributed by atoms with Gasteiger partial charge in [0.25, 0.3) is 0 Å². The van der Waals surface area contributed by atoms with E-state index in [0.29, 0.717) is 6.54 Å². The molecule has 1 aromatic rings. The Kier molecular flexibility index (Phi) is 5.44. The van der Waals surface area contributed by atoms with E-state index in [-0.39, 0.29) is 22.8 Å². The van der Waals surface area contributed by atoms with E-state index in [0.717, 1.165) is 18.7 Å². The predicted octanol–water partition coefficient (Wildman–Crippen LogP) is 0.861. The van der Waals surface area contributed by atoms with Crippen molar-refractivity contribution in [2.75, 3.05) is 33.7 Å². The summed E-state index contributed by atoms with van der Waals surface area (Å²) in [6.07, 6.45) is 0. The number of piperazine rings is 1. The van der Waals surface area contributed by atoms with E-state index in [1.54, 1.807) is 24.3 Å². The first-order chi connectivity index (χ1) is 10.7. The molecule has 0 bridgehead atoms. The molecule has 0 aromatic heterocycles. The van der Waals surface area contributed by atoms with E-state index in [1.165, 1.54) is 18.4 Å². The van der Waals surface area contributed by atoms with Gasteiger partial charge in [-0.2, -0.15) is 0 Å². The average molecular weight is 339 g/mol. The summed E-state index contributed by atoms with van der Waals surface area (Å²) in [4.78, 5) is 14.8. The van der Waals surface area contributed by atoms with Crippen molar-refractivity contribution in [2.45, 2.75) is 30.7 Å². The minimum Gasteiger partial charge on any atom is -0.337 e. The van der Waals surface area contributed by atoms with Gasteiger partial charge in [0.2, 0.25) is 15.9 Å². The number of rotatable bonds is 4. The van der Waals surface area contributed by atoms with E-state index in [9.17, 15) is 13.2 Å². The summed E-state index contributed by atoms with van der Waals surface area (Å²) < 4.78 is 25.3. The predicted molar refractivity (Wildman–Crippen MR) is 89.8 cm³/mol. The van der Waals surface area contributed by atoms with Crippen LogP contribution in [-0.2, 0) is 14.8 Å². The molecular weight excluding hydrogens is 314 g/mol. The molecule has 6 nitrogen and oxygen atoms in total. The topological polar surface area (TPSA) is 69.7 Å². The number of amides is 1. The van der Waals surface area contributed by atoms with Crippen molar-refractivity contribution < 1.29 is 13.2 Å². The van der Waals surface area contributed by atoms with Crippen LogP contribution in [0.1, 0.15) is 25.3 Å². The summed E-state index contributed by atoms with van der Waals surface area (Å²) in [5.74, 6) is -0.200. The highest BCUT2D eigenvalue weighted by atomic mass is 32.2. The van der Waals surface area contributed by atoms with Crippen LogP contribution in [0.5, 0.6) is 0 Å². The van der Waals surface area contributed by atoms with Gasteiger partial charge in [-0.05, 0) is 31.5 Å². The van der Waals surface area contributed by atoms with Crippen molar-refractivity contribution in [2.24, 2.45) is 0 Å². The molecule has 7 heteroatoms. The second-order valence-corrected chi connectivity index (χ2v) is 8.31. The highest BCUT2D eigenvalue weighted by Crippen LogP contribution is 2.22. The Morgan fingerprint density at radius 2 is 1.91 bits per heavy atom. The Labute approximate surface area is 138 Å². The van der Waals surface area contributed by atoms with Gasteiger partial charge in [-0.1, -0.05) is 12.1 Å². The molecule has 23 heavy (non-hydrogen) atoms. The van der Waals surface area contributed by atoms with E-state index < -0.39 is 10.0 Å². The van der Waals surface area contributed by atoms with Crippen LogP contribution in [0, 0.1) is 0 Å². The zero-order valence-corrected chi connectivity index (χ0v) is 14.9. The van der Waals surface area contributed by atoms with Crippen molar-refractivity contribution in [3.8, 4) is 0 Å². The third-order valence-electron chi connectivity index (χ3n) is 4.31. The normalized spacial score (nSPS) is 20.6. The molecule has 1 aliphatic rings. The van der Waals surface area contributed by atoms with Crippen LogP contribution >= 0.6 is 0 Å². The van der Waals surface area contributed by atoms with Gasteiger partial charge in [0, 0.05) is 39.8 Å². The Hall–Kier alpha value is -1.44. The highest BCUT2D eigenvalue weighted by Gasteiger charge is 2.28. The molecule has 2 atom stereocenters. The number of nitrogens with zero attached hydrogens (tertiary/aromatic N) is 2. The molecule has 0 radical (unpaired) electrons. The second-order valence-electron chi connectivity index (χ2n) is 6.16. The molecule has 128 valence electrons. The first-order valence-corrected chi connectivity index (χ1v) is 9.23. The van der Waals surface area contributed by atoms with E-state index >= 15 is 0 Å². The second kappa shape index (κ2) is 6.98. The smallest absolute Gasteiger partial charge is 0.242 e. The molecule has 1 fully saturated rings. The molecule has 1 amide bonds. The third-order valence-corrected chi connectivity index (χ3v) is 6.14. The summed E-state index contributed by atoms with van der Waals surface area (Å²) in [6.45, 7) is 6.22. The molecule has 1 aliphatic heterocycles. The Morgan fingerprint density at radius 3 is 2.43 bits per heavy atom. The van der Waals surface area contributed by atoms with Crippen molar-refractivity contribution in [3.05, 3.63) is 29.8 Å². The molecule has 0 spiro atoms. The van der Waals surface area contributed by atoms with Crippen LogP contribution in [0.25, 0.3) is 0 Å². The number of nitrogens with one attached hydrogen (secondary N) is 1. The lowest BCUT2D eigenvalue weighted by Gasteiger charge is -2.35. The van der Waals surface area contributed by atoms with Crippen LogP contribution in [0.3, 0.4) is 0 Å². The molecule has 1 unspecified atom stereocenters. The van der Waals surface area contributed by atoms with Gasteiger partial charge in [-0.15, -0.1) is 0 Å². The maximum atomic E-state index is 12.7. The summed E-state index contributed by atoms with van der Waals surface area (Å²) >= 11 is 0. The molecule has 1 aromatic carbocycles. The van der Waals surface area contributed by atoms with Gasteiger partial charge in [-0.3, -0.25) is 4.79 Å². The molecule has 1 N–H and O–H groups in total. The molecule has 1 heterocycles. The Bertz CT molecular complexity index is 656. The molecule has 1 saturated heterocycles. The number of hydrogen-bond donors (Lipinski definition) is 1. The lowest BCUT2D eigenvalue weighted by atomic mass is 9.98. The van der Waals surface area contributed by atoms with Crippen LogP contribution in [0.15, 0.2) is 29.2 Å². The SMILES string of the molecule is CC(C(=O)N1CCNC[C@H]1C)c1ccc(S(=O)(=O)N(C)C)cc1. The van der Waals surface area contributed by atoms with Gasteiger partial charge in [-0.25, -0.2) is 12.7 Å². The molecule has 0 saturated carbocycles. The largest absolute Gasteiger partial charge is 0.337 e. The lowest BCUT2D eigenvalue weighted by molar-refractivity contribution is -0.135. The summed E-state index contributed by atoms with van der Waals surface area (Å²) in [7, 11) is -0.437. The van der Waals surface area contributed by atoms with Crippen LogP contribution < -0.4 is 5.32 Å². The fourth-order valence-corrected chi connectivity index (χ4v) is 3.60. The quantitative estimate of drug-likeness (QED) is 0.883. The van der Waals surface area contributed by atoms with Crippen molar-refractivity contribution in [3.63, 3.8) is 0 Å². The molecule has 0 aliphatic carbocycles. The first-order valence-electron chi connectivity index (χ1n) is 7.79. The van der Waals surface area contributed by atoms with E-state index in [2.05, 4.69) is 5.32 Å². The van der Waals surface area contributed by atoms with Gasteiger partial charge < -0.3 is 10.2 Å². The summed E-state index contributed by atoms with van der Waals surface area (Å²) in [5.41, 5.74) is 0.832.